The first-order chi connectivity index (χ1) is 9.99. The Bertz CT molecular complexity index is 524. The maximum absolute atomic E-state index is 10.8. The topological polar surface area (TPSA) is 46.5 Å². The van der Waals surface area contributed by atoms with Crippen LogP contribution < -0.4 is 4.74 Å². The Labute approximate surface area is 135 Å². The fourth-order valence-corrected chi connectivity index (χ4v) is 2.52. The zero-order valence-electron chi connectivity index (χ0n) is 12.3. The van der Waals surface area contributed by atoms with Gasteiger partial charge >= 0.3 is 5.97 Å². The van der Waals surface area contributed by atoms with Crippen molar-refractivity contribution in [1.29, 1.82) is 0 Å². The molecule has 0 radical (unpaired) electrons. The molecule has 5 heteroatoms. The molecule has 0 unspecified atom stereocenters. The number of aliphatic carboxylic acids is 1. The van der Waals surface area contributed by atoms with E-state index in [1.807, 2.05) is 13.8 Å². The van der Waals surface area contributed by atoms with E-state index < -0.39 is 5.97 Å². The Kier molecular flexibility index (Phi) is 7.62. The lowest BCUT2D eigenvalue weighted by Crippen LogP contribution is -2.01. The smallest absolute Gasteiger partial charge is 0.307 e. The second-order valence-corrected chi connectivity index (χ2v) is 5.53. The van der Waals surface area contributed by atoms with Gasteiger partial charge in [0, 0.05) is 10.6 Å². The van der Waals surface area contributed by atoms with E-state index in [0.717, 1.165) is 30.4 Å². The number of carboxylic acid groups (broad SMARTS) is 1. The van der Waals surface area contributed by atoms with Crippen LogP contribution >= 0.6 is 23.2 Å². The highest BCUT2D eigenvalue weighted by Gasteiger charge is 2.14. The molecule has 0 aliphatic rings. The van der Waals surface area contributed by atoms with Crippen LogP contribution in [0.15, 0.2) is 18.2 Å². The van der Waals surface area contributed by atoms with Crippen molar-refractivity contribution in [2.45, 2.75) is 39.5 Å². The molecule has 21 heavy (non-hydrogen) atoms. The van der Waals surface area contributed by atoms with Crippen molar-refractivity contribution in [2.75, 3.05) is 6.61 Å². The van der Waals surface area contributed by atoms with E-state index in [1.165, 1.54) is 0 Å². The van der Waals surface area contributed by atoms with E-state index in [9.17, 15) is 4.79 Å². The van der Waals surface area contributed by atoms with Crippen molar-refractivity contribution in [2.24, 2.45) is 0 Å². The number of hydrogen-bond donors (Lipinski definition) is 1. The van der Waals surface area contributed by atoms with E-state index in [-0.39, 0.29) is 6.42 Å². The van der Waals surface area contributed by atoms with Crippen molar-refractivity contribution in [1.82, 2.24) is 0 Å². The number of carbonyl (C=O) groups is 1. The molecule has 1 aromatic carbocycles. The largest absolute Gasteiger partial charge is 0.491 e. The summed E-state index contributed by atoms with van der Waals surface area (Å²) in [5.74, 6) is -0.291. The predicted octanol–water partition coefficient (Wildman–Crippen LogP) is 5.44. The van der Waals surface area contributed by atoms with Gasteiger partial charge in [-0.05, 0) is 30.5 Å². The van der Waals surface area contributed by atoms with Crippen LogP contribution in [-0.4, -0.2) is 17.7 Å². The monoisotopic (exact) mass is 330 g/mol. The lowest BCUT2D eigenvalue weighted by molar-refractivity contribution is -0.135. The van der Waals surface area contributed by atoms with Crippen LogP contribution in [0.1, 0.15) is 45.1 Å². The Morgan fingerprint density at radius 2 is 2.00 bits per heavy atom. The molecule has 0 bridgehead atoms. The van der Waals surface area contributed by atoms with Gasteiger partial charge in [-0.1, -0.05) is 49.5 Å². The summed E-state index contributed by atoms with van der Waals surface area (Å²) in [5.41, 5.74) is 1.68. The highest BCUT2D eigenvalue weighted by Crippen LogP contribution is 2.38. The number of benzene rings is 1. The molecule has 0 atom stereocenters. The molecule has 0 saturated heterocycles. The average Bonchev–Trinajstić information content (AvgIpc) is 2.41. The van der Waals surface area contributed by atoms with Crippen molar-refractivity contribution >= 4 is 34.7 Å². The third-order valence-corrected chi connectivity index (χ3v) is 3.35. The number of carboxylic acids is 1. The summed E-state index contributed by atoms with van der Waals surface area (Å²) < 4.78 is 5.73. The molecule has 1 rings (SSSR count). The van der Waals surface area contributed by atoms with E-state index in [4.69, 9.17) is 33.0 Å². The molecule has 116 valence electrons. The number of allylic oxidation sites excluding steroid dienone is 1. The van der Waals surface area contributed by atoms with E-state index in [2.05, 4.69) is 0 Å². The third-order valence-electron chi connectivity index (χ3n) is 2.85. The molecule has 0 aromatic heterocycles. The molecule has 0 saturated carbocycles. The van der Waals surface area contributed by atoms with Crippen LogP contribution in [0.25, 0.3) is 5.57 Å². The second kappa shape index (κ2) is 8.96. The van der Waals surface area contributed by atoms with Gasteiger partial charge in [0.1, 0.15) is 5.75 Å². The van der Waals surface area contributed by atoms with Gasteiger partial charge in [0.15, 0.2) is 0 Å². The van der Waals surface area contributed by atoms with Crippen LogP contribution in [0.2, 0.25) is 10.0 Å². The molecule has 1 aromatic rings. The molecule has 0 heterocycles. The highest BCUT2D eigenvalue weighted by atomic mass is 35.5. The Morgan fingerprint density at radius 3 is 2.57 bits per heavy atom. The third kappa shape index (κ3) is 5.60. The van der Waals surface area contributed by atoms with Crippen LogP contribution in [0, 0.1) is 0 Å². The van der Waals surface area contributed by atoms with Crippen molar-refractivity contribution in [3.8, 4) is 5.75 Å². The summed E-state index contributed by atoms with van der Waals surface area (Å²) in [6.45, 7) is 4.59. The van der Waals surface area contributed by atoms with Crippen LogP contribution in [-0.2, 0) is 4.79 Å². The lowest BCUT2D eigenvalue weighted by atomic mass is 9.99. The van der Waals surface area contributed by atoms with Gasteiger partial charge in [-0.3, -0.25) is 4.79 Å². The number of hydrogen-bond acceptors (Lipinski definition) is 2. The maximum Gasteiger partial charge on any atom is 0.307 e. The van der Waals surface area contributed by atoms with Gasteiger partial charge in [0.2, 0.25) is 0 Å². The molecular formula is C16H20Cl2O3. The van der Waals surface area contributed by atoms with Gasteiger partial charge in [-0.15, -0.1) is 0 Å². The molecule has 1 N–H and O–H groups in total. The number of halogens is 2. The SMILES string of the molecule is CCCOc1c(Cl)cc(Cl)cc1/C(=C/CC(=O)O)CCC. The van der Waals surface area contributed by atoms with Gasteiger partial charge in [-0.25, -0.2) is 0 Å². The zero-order valence-corrected chi connectivity index (χ0v) is 13.8. The minimum Gasteiger partial charge on any atom is -0.491 e. The van der Waals surface area contributed by atoms with E-state index in [1.54, 1.807) is 18.2 Å². The van der Waals surface area contributed by atoms with E-state index >= 15 is 0 Å². The lowest BCUT2D eigenvalue weighted by Gasteiger charge is -2.16. The number of rotatable bonds is 8. The van der Waals surface area contributed by atoms with Crippen LogP contribution in [0.4, 0.5) is 0 Å². The average molecular weight is 331 g/mol. The minimum absolute atomic E-state index is 0.0350. The normalized spacial score (nSPS) is 11.5. The minimum atomic E-state index is -0.868. The van der Waals surface area contributed by atoms with Crippen LogP contribution in [0.3, 0.4) is 0 Å². The standard InChI is InChI=1S/C16H20Cl2O3/c1-3-5-11(6-7-15(19)20)13-9-12(17)10-14(18)16(13)21-8-4-2/h6,9-10H,3-5,7-8H2,1-2H3,(H,19,20)/b11-6+. The molecule has 0 spiro atoms. The first kappa shape index (κ1) is 17.9. The van der Waals surface area contributed by atoms with Gasteiger partial charge in [0.05, 0.1) is 18.1 Å². The molecule has 0 aliphatic heterocycles. The summed E-state index contributed by atoms with van der Waals surface area (Å²) in [4.78, 5) is 10.8. The Balaban J connectivity index is 3.27. The molecule has 3 nitrogen and oxygen atoms in total. The Morgan fingerprint density at radius 1 is 1.29 bits per heavy atom. The summed E-state index contributed by atoms with van der Waals surface area (Å²) in [5, 5.41) is 9.83. The maximum atomic E-state index is 10.8. The summed E-state index contributed by atoms with van der Waals surface area (Å²) >= 11 is 12.3. The van der Waals surface area contributed by atoms with Crippen molar-refractivity contribution < 1.29 is 14.6 Å². The fraction of sp³-hybridized carbons (Fsp3) is 0.438. The molecule has 0 fully saturated rings. The zero-order chi connectivity index (χ0) is 15.8. The second-order valence-electron chi connectivity index (χ2n) is 4.69. The summed E-state index contributed by atoms with van der Waals surface area (Å²) in [7, 11) is 0. The number of ether oxygens (including phenoxy) is 1. The molecular weight excluding hydrogens is 311 g/mol. The summed E-state index contributed by atoms with van der Waals surface area (Å²) in [6, 6.07) is 3.42. The molecule has 0 amide bonds. The highest BCUT2D eigenvalue weighted by molar-refractivity contribution is 6.36. The van der Waals surface area contributed by atoms with Crippen molar-refractivity contribution in [3.05, 3.63) is 33.8 Å². The molecule has 0 aliphatic carbocycles. The quantitative estimate of drug-likeness (QED) is 0.690. The fourth-order valence-electron chi connectivity index (χ4n) is 1.98. The van der Waals surface area contributed by atoms with Gasteiger partial charge < -0.3 is 9.84 Å². The van der Waals surface area contributed by atoms with Gasteiger partial charge in [0.25, 0.3) is 0 Å². The Hall–Kier alpha value is -1.19. The van der Waals surface area contributed by atoms with E-state index in [0.29, 0.717) is 22.4 Å². The first-order valence-corrected chi connectivity index (χ1v) is 7.78. The van der Waals surface area contributed by atoms with Crippen molar-refractivity contribution in [3.63, 3.8) is 0 Å². The van der Waals surface area contributed by atoms with Gasteiger partial charge in [-0.2, -0.15) is 0 Å². The predicted molar refractivity (Wildman–Crippen MR) is 87.4 cm³/mol. The first-order valence-electron chi connectivity index (χ1n) is 7.02. The summed E-state index contributed by atoms with van der Waals surface area (Å²) in [6.07, 6.45) is 4.16. The van der Waals surface area contributed by atoms with Crippen LogP contribution in [0.5, 0.6) is 5.75 Å².